The number of hydrogen-bond acceptors (Lipinski definition) is 6. The van der Waals surface area contributed by atoms with Crippen molar-refractivity contribution in [1.29, 1.82) is 0 Å². The molecule has 178 valence electrons. The molecule has 0 spiro atoms. The average molecular weight is 464 g/mol. The van der Waals surface area contributed by atoms with E-state index in [2.05, 4.69) is 0 Å². The smallest absolute Gasteiger partial charge is 0.258 e. The maximum Gasteiger partial charge on any atom is 0.258 e. The third-order valence-electron chi connectivity index (χ3n) is 6.07. The third-order valence-corrected chi connectivity index (χ3v) is 6.07. The van der Waals surface area contributed by atoms with Gasteiger partial charge in [0.2, 0.25) is 0 Å². The van der Waals surface area contributed by atoms with Crippen molar-refractivity contribution in [2.24, 2.45) is 0 Å². The third kappa shape index (κ3) is 4.59. The SMILES string of the molecule is COc1ccc(OC[C@@H]2c3cc(OC)c(OC)cc3CCN2C(=O)c2ccccc2OC)cc1. The van der Waals surface area contributed by atoms with Gasteiger partial charge in [0, 0.05) is 6.54 Å². The van der Waals surface area contributed by atoms with Gasteiger partial charge < -0.3 is 28.6 Å². The molecule has 1 amide bonds. The highest BCUT2D eigenvalue weighted by atomic mass is 16.5. The number of amides is 1. The highest BCUT2D eigenvalue weighted by molar-refractivity contribution is 5.97. The van der Waals surface area contributed by atoms with E-state index in [-0.39, 0.29) is 18.6 Å². The minimum absolute atomic E-state index is 0.110. The molecule has 3 aromatic carbocycles. The van der Waals surface area contributed by atoms with Gasteiger partial charge in [-0.2, -0.15) is 0 Å². The lowest BCUT2D eigenvalue weighted by molar-refractivity contribution is 0.0586. The molecule has 1 heterocycles. The molecule has 7 heteroatoms. The first-order valence-corrected chi connectivity index (χ1v) is 11.0. The molecule has 0 saturated heterocycles. The first-order valence-electron chi connectivity index (χ1n) is 11.0. The van der Waals surface area contributed by atoms with Crippen molar-refractivity contribution in [3.63, 3.8) is 0 Å². The zero-order chi connectivity index (χ0) is 24.1. The lowest BCUT2D eigenvalue weighted by atomic mass is 9.91. The molecular weight excluding hydrogens is 434 g/mol. The number of methoxy groups -OCH3 is 4. The maximum atomic E-state index is 13.7. The summed E-state index contributed by atoms with van der Waals surface area (Å²) in [4.78, 5) is 15.5. The van der Waals surface area contributed by atoms with Gasteiger partial charge in [-0.05, 0) is 66.1 Å². The fraction of sp³-hybridized carbons (Fsp3) is 0.296. The first kappa shape index (κ1) is 23.3. The molecule has 0 unspecified atom stereocenters. The lowest BCUT2D eigenvalue weighted by Gasteiger charge is -2.38. The predicted molar refractivity (Wildman–Crippen MR) is 129 cm³/mol. The summed E-state index contributed by atoms with van der Waals surface area (Å²) in [5.41, 5.74) is 2.59. The van der Waals surface area contributed by atoms with Gasteiger partial charge in [0.1, 0.15) is 23.9 Å². The largest absolute Gasteiger partial charge is 0.497 e. The number of nitrogens with zero attached hydrogens (tertiary/aromatic N) is 1. The molecule has 1 atom stereocenters. The fourth-order valence-electron chi connectivity index (χ4n) is 4.27. The number of carbonyl (C=O) groups excluding carboxylic acids is 1. The van der Waals surface area contributed by atoms with Gasteiger partial charge in [-0.3, -0.25) is 4.79 Å². The summed E-state index contributed by atoms with van der Waals surface area (Å²) < 4.78 is 27.9. The zero-order valence-corrected chi connectivity index (χ0v) is 19.9. The highest BCUT2D eigenvalue weighted by Gasteiger charge is 2.34. The average Bonchev–Trinajstić information content (AvgIpc) is 2.90. The van der Waals surface area contributed by atoms with Gasteiger partial charge in [0.15, 0.2) is 11.5 Å². The topological polar surface area (TPSA) is 66.5 Å². The number of rotatable bonds is 8. The molecular formula is C27H29NO6. The van der Waals surface area contributed by atoms with Crippen LogP contribution in [0.2, 0.25) is 0 Å². The van der Waals surface area contributed by atoms with E-state index < -0.39 is 0 Å². The Bertz CT molecular complexity index is 1140. The van der Waals surface area contributed by atoms with Gasteiger partial charge in [-0.25, -0.2) is 0 Å². The van der Waals surface area contributed by atoms with Gasteiger partial charge in [-0.15, -0.1) is 0 Å². The Morgan fingerprint density at radius 3 is 2.15 bits per heavy atom. The molecule has 0 aromatic heterocycles. The van der Waals surface area contributed by atoms with Crippen LogP contribution in [-0.4, -0.2) is 52.4 Å². The molecule has 0 fully saturated rings. The molecule has 0 radical (unpaired) electrons. The molecule has 7 nitrogen and oxygen atoms in total. The number of fused-ring (bicyclic) bond motifs is 1. The monoisotopic (exact) mass is 463 g/mol. The second kappa shape index (κ2) is 10.4. The summed E-state index contributed by atoms with van der Waals surface area (Å²) in [5, 5.41) is 0. The van der Waals surface area contributed by atoms with Crippen LogP contribution in [0.4, 0.5) is 0 Å². The number of carbonyl (C=O) groups is 1. The van der Waals surface area contributed by atoms with Crippen molar-refractivity contribution in [3.8, 4) is 28.7 Å². The summed E-state index contributed by atoms with van der Waals surface area (Å²) in [6.07, 6.45) is 0.690. The Balaban J connectivity index is 1.70. The molecule has 0 aliphatic carbocycles. The summed E-state index contributed by atoms with van der Waals surface area (Å²) >= 11 is 0. The number of benzene rings is 3. The van der Waals surface area contributed by atoms with Crippen molar-refractivity contribution in [2.75, 3.05) is 41.6 Å². The van der Waals surface area contributed by atoms with Crippen LogP contribution in [0.5, 0.6) is 28.7 Å². The van der Waals surface area contributed by atoms with E-state index in [0.717, 1.165) is 16.9 Å². The minimum Gasteiger partial charge on any atom is -0.497 e. The Morgan fingerprint density at radius 2 is 1.47 bits per heavy atom. The Labute approximate surface area is 199 Å². The Hall–Kier alpha value is -3.87. The first-order chi connectivity index (χ1) is 16.6. The van der Waals surface area contributed by atoms with Crippen LogP contribution >= 0.6 is 0 Å². The van der Waals surface area contributed by atoms with E-state index in [1.165, 1.54) is 0 Å². The van der Waals surface area contributed by atoms with Crippen LogP contribution in [0.3, 0.4) is 0 Å². The molecule has 0 bridgehead atoms. The van der Waals surface area contributed by atoms with E-state index in [9.17, 15) is 4.79 Å². The molecule has 1 aliphatic heterocycles. The molecule has 0 saturated carbocycles. The zero-order valence-electron chi connectivity index (χ0n) is 19.9. The van der Waals surface area contributed by atoms with Crippen LogP contribution in [0.25, 0.3) is 0 Å². The number of ether oxygens (including phenoxy) is 5. The normalized spacial score (nSPS) is 14.7. The van der Waals surface area contributed by atoms with Crippen molar-refractivity contribution in [2.45, 2.75) is 12.5 Å². The van der Waals surface area contributed by atoms with Crippen LogP contribution in [0.15, 0.2) is 60.7 Å². The lowest BCUT2D eigenvalue weighted by Crippen LogP contribution is -2.42. The number of hydrogen-bond donors (Lipinski definition) is 0. The van der Waals surface area contributed by atoms with Crippen LogP contribution in [0.1, 0.15) is 27.5 Å². The van der Waals surface area contributed by atoms with Crippen LogP contribution < -0.4 is 23.7 Å². The Kier molecular flexibility index (Phi) is 7.11. The summed E-state index contributed by atoms with van der Waals surface area (Å²) in [7, 11) is 6.42. The molecule has 4 rings (SSSR count). The van der Waals surface area contributed by atoms with Gasteiger partial charge >= 0.3 is 0 Å². The summed E-state index contributed by atoms with van der Waals surface area (Å²) in [6.45, 7) is 0.811. The van der Waals surface area contributed by atoms with Crippen molar-refractivity contribution >= 4 is 5.91 Å². The Morgan fingerprint density at radius 1 is 0.824 bits per heavy atom. The van der Waals surface area contributed by atoms with E-state index in [1.54, 1.807) is 40.6 Å². The molecule has 1 aliphatic rings. The van der Waals surface area contributed by atoms with Crippen LogP contribution in [0, 0.1) is 0 Å². The minimum atomic E-state index is -0.330. The fourth-order valence-corrected chi connectivity index (χ4v) is 4.27. The summed E-state index contributed by atoms with van der Waals surface area (Å²) in [5.74, 6) is 3.16. The van der Waals surface area contributed by atoms with E-state index >= 15 is 0 Å². The molecule has 3 aromatic rings. The van der Waals surface area contributed by atoms with Gasteiger partial charge in [-0.1, -0.05) is 12.1 Å². The quantitative estimate of drug-likeness (QED) is 0.489. The standard InChI is InChI=1S/C27H29NO6/c1-30-19-9-11-20(12-10-19)34-17-23-22-16-26(33-4)25(32-3)15-18(22)13-14-28(23)27(29)21-7-5-6-8-24(21)31-2/h5-12,15-16,23H,13-14,17H2,1-4H3/t23-/m1/s1. The van der Waals surface area contributed by atoms with Crippen molar-refractivity contribution < 1.29 is 28.5 Å². The van der Waals surface area contributed by atoms with Gasteiger partial charge in [0.05, 0.1) is 40.0 Å². The van der Waals surface area contributed by atoms with E-state index in [0.29, 0.717) is 41.5 Å². The molecule has 0 N–H and O–H groups in total. The van der Waals surface area contributed by atoms with E-state index in [1.807, 2.05) is 53.4 Å². The predicted octanol–water partition coefficient (Wildman–Crippen LogP) is 4.54. The maximum absolute atomic E-state index is 13.7. The van der Waals surface area contributed by atoms with E-state index in [4.69, 9.17) is 23.7 Å². The van der Waals surface area contributed by atoms with Crippen molar-refractivity contribution in [1.82, 2.24) is 4.90 Å². The van der Waals surface area contributed by atoms with Crippen LogP contribution in [-0.2, 0) is 6.42 Å². The summed E-state index contributed by atoms with van der Waals surface area (Å²) in [6, 6.07) is 18.3. The number of para-hydroxylation sites is 1. The highest BCUT2D eigenvalue weighted by Crippen LogP contribution is 2.39. The van der Waals surface area contributed by atoms with Gasteiger partial charge in [0.25, 0.3) is 5.91 Å². The second-order valence-electron chi connectivity index (χ2n) is 7.86. The second-order valence-corrected chi connectivity index (χ2v) is 7.86. The van der Waals surface area contributed by atoms with Crippen molar-refractivity contribution in [3.05, 3.63) is 77.4 Å². The molecule has 34 heavy (non-hydrogen) atoms.